The molecule has 3 aromatic heterocycles. The number of nitrogen functional groups attached to an aromatic ring is 1. The number of hydrogen-bond donors (Lipinski definition) is 1. The average molecular weight is 419 g/mol. The highest BCUT2D eigenvalue weighted by Crippen LogP contribution is 2.38. The van der Waals surface area contributed by atoms with E-state index in [4.69, 9.17) is 15.5 Å². The first-order chi connectivity index (χ1) is 15.7. The lowest BCUT2D eigenvalue weighted by Gasteiger charge is -2.10. The zero-order valence-electron chi connectivity index (χ0n) is 17.6. The van der Waals surface area contributed by atoms with Crippen LogP contribution in [0.25, 0.3) is 22.4 Å². The highest BCUT2D eigenvalue weighted by molar-refractivity contribution is 6.17. The van der Waals surface area contributed by atoms with Crippen molar-refractivity contribution >= 4 is 22.8 Å². The van der Waals surface area contributed by atoms with Gasteiger partial charge in [-0.2, -0.15) is 0 Å². The lowest BCUT2D eigenvalue weighted by atomic mass is 9.95. The second-order valence-corrected chi connectivity index (χ2v) is 7.43. The number of benzene rings is 1. The number of pyridine rings is 3. The van der Waals surface area contributed by atoms with E-state index in [2.05, 4.69) is 39.2 Å². The fourth-order valence-corrected chi connectivity index (χ4v) is 3.85. The van der Waals surface area contributed by atoms with E-state index < -0.39 is 0 Å². The number of aliphatic imine (C=N–C) groups is 1. The summed E-state index contributed by atoms with van der Waals surface area (Å²) in [5.41, 5.74) is 14.2. The molecule has 0 unspecified atom stereocenters. The number of hydrogen-bond acceptors (Lipinski definition) is 6. The zero-order valence-corrected chi connectivity index (χ0v) is 17.6. The molecule has 32 heavy (non-hydrogen) atoms. The summed E-state index contributed by atoms with van der Waals surface area (Å²) in [6.45, 7) is 0. The van der Waals surface area contributed by atoms with Crippen LogP contribution in [-0.4, -0.2) is 27.8 Å². The molecule has 1 aromatic carbocycles. The van der Waals surface area contributed by atoms with Crippen LogP contribution in [0.5, 0.6) is 5.75 Å². The fourth-order valence-electron chi connectivity index (χ4n) is 3.85. The summed E-state index contributed by atoms with van der Waals surface area (Å²) in [5, 5.41) is 0. The van der Waals surface area contributed by atoms with Gasteiger partial charge in [-0.1, -0.05) is 18.2 Å². The van der Waals surface area contributed by atoms with Crippen LogP contribution in [0.15, 0.2) is 90.6 Å². The molecule has 0 saturated heterocycles. The Morgan fingerprint density at radius 2 is 1.47 bits per heavy atom. The molecule has 0 aliphatic carbocycles. The van der Waals surface area contributed by atoms with Crippen LogP contribution in [0.3, 0.4) is 0 Å². The van der Waals surface area contributed by atoms with Gasteiger partial charge >= 0.3 is 0 Å². The Hall–Kier alpha value is -4.32. The van der Waals surface area contributed by atoms with Gasteiger partial charge in [-0.25, -0.2) is 4.98 Å². The summed E-state index contributed by atoms with van der Waals surface area (Å²) in [6.07, 6.45) is 9.61. The van der Waals surface area contributed by atoms with Crippen LogP contribution in [0, 0.1) is 0 Å². The predicted octanol–water partition coefficient (Wildman–Crippen LogP) is 4.89. The van der Waals surface area contributed by atoms with Crippen molar-refractivity contribution in [2.75, 3.05) is 12.8 Å². The molecule has 6 heteroatoms. The van der Waals surface area contributed by atoms with E-state index in [1.54, 1.807) is 38.1 Å². The molecule has 2 N–H and O–H groups in total. The first kappa shape index (κ1) is 19.6. The molecule has 0 spiro atoms. The van der Waals surface area contributed by atoms with Crippen LogP contribution in [0.2, 0.25) is 0 Å². The molecule has 6 nitrogen and oxygen atoms in total. The van der Waals surface area contributed by atoms with Crippen molar-refractivity contribution in [2.45, 2.75) is 6.42 Å². The Morgan fingerprint density at radius 3 is 2.19 bits per heavy atom. The maximum atomic E-state index is 5.94. The molecule has 0 radical (unpaired) electrons. The molecule has 156 valence electrons. The summed E-state index contributed by atoms with van der Waals surface area (Å²) < 4.78 is 5.40. The monoisotopic (exact) mass is 419 g/mol. The van der Waals surface area contributed by atoms with E-state index in [1.165, 1.54) is 0 Å². The molecular formula is C26H21N5O. The summed E-state index contributed by atoms with van der Waals surface area (Å²) in [5.74, 6) is 0.920. The number of methoxy groups -OCH3 is 1. The highest BCUT2D eigenvalue weighted by atomic mass is 16.5. The van der Waals surface area contributed by atoms with Crippen molar-refractivity contribution in [2.24, 2.45) is 4.99 Å². The van der Waals surface area contributed by atoms with Crippen molar-refractivity contribution in [1.29, 1.82) is 0 Å². The van der Waals surface area contributed by atoms with E-state index in [9.17, 15) is 0 Å². The summed E-state index contributed by atoms with van der Waals surface area (Å²) in [7, 11) is 1.59. The molecule has 1 aliphatic rings. The van der Waals surface area contributed by atoms with Crippen LogP contribution < -0.4 is 10.5 Å². The zero-order chi connectivity index (χ0) is 21.9. The summed E-state index contributed by atoms with van der Waals surface area (Å²) in [6, 6.07) is 18.3. The number of anilines is 1. The molecule has 0 amide bonds. The Kier molecular flexibility index (Phi) is 5.17. The molecule has 0 atom stereocenters. The van der Waals surface area contributed by atoms with Gasteiger partial charge in [0.1, 0.15) is 0 Å². The molecule has 0 fully saturated rings. The van der Waals surface area contributed by atoms with E-state index in [0.717, 1.165) is 44.8 Å². The Bertz CT molecular complexity index is 1330. The van der Waals surface area contributed by atoms with Gasteiger partial charge in [-0.3, -0.25) is 15.0 Å². The van der Waals surface area contributed by atoms with Crippen LogP contribution in [0.1, 0.15) is 23.1 Å². The van der Waals surface area contributed by atoms with Crippen molar-refractivity contribution < 1.29 is 4.74 Å². The third-order valence-corrected chi connectivity index (χ3v) is 5.49. The first-order valence-electron chi connectivity index (χ1n) is 10.2. The minimum absolute atomic E-state index is 0.367. The average Bonchev–Trinajstić information content (AvgIpc) is 3.31. The van der Waals surface area contributed by atoms with Crippen molar-refractivity contribution in [3.8, 4) is 16.9 Å². The minimum Gasteiger partial charge on any atom is -0.493 e. The van der Waals surface area contributed by atoms with Gasteiger partial charge in [0.25, 0.3) is 0 Å². The van der Waals surface area contributed by atoms with Gasteiger partial charge in [0.15, 0.2) is 11.6 Å². The summed E-state index contributed by atoms with van der Waals surface area (Å²) in [4.78, 5) is 17.6. The van der Waals surface area contributed by atoms with Crippen LogP contribution in [0.4, 0.5) is 5.82 Å². The molecular weight excluding hydrogens is 398 g/mol. The smallest absolute Gasteiger partial charge is 0.166 e. The van der Waals surface area contributed by atoms with Crippen molar-refractivity contribution in [1.82, 2.24) is 15.0 Å². The van der Waals surface area contributed by atoms with Gasteiger partial charge in [-0.15, -0.1) is 0 Å². The van der Waals surface area contributed by atoms with E-state index in [0.29, 0.717) is 18.0 Å². The topological polar surface area (TPSA) is 86.3 Å². The third-order valence-electron chi connectivity index (χ3n) is 5.49. The van der Waals surface area contributed by atoms with Gasteiger partial charge < -0.3 is 10.5 Å². The quantitative estimate of drug-likeness (QED) is 0.498. The molecule has 4 heterocycles. The van der Waals surface area contributed by atoms with Crippen LogP contribution in [-0.2, 0) is 0 Å². The summed E-state index contributed by atoms with van der Waals surface area (Å²) >= 11 is 0. The van der Waals surface area contributed by atoms with Crippen molar-refractivity contribution in [3.05, 3.63) is 102 Å². The molecule has 5 rings (SSSR count). The maximum Gasteiger partial charge on any atom is 0.166 e. The van der Waals surface area contributed by atoms with E-state index in [1.807, 2.05) is 30.3 Å². The molecule has 1 aliphatic heterocycles. The minimum atomic E-state index is 0.367. The number of ether oxygens (including phenoxy) is 1. The number of nitrogens with two attached hydrogens (primary N) is 1. The highest BCUT2D eigenvalue weighted by Gasteiger charge is 2.23. The number of nitrogens with zero attached hydrogens (tertiary/aromatic N) is 4. The second-order valence-electron chi connectivity index (χ2n) is 7.43. The van der Waals surface area contributed by atoms with E-state index in [-0.39, 0.29) is 0 Å². The van der Waals surface area contributed by atoms with Gasteiger partial charge in [0, 0.05) is 48.5 Å². The lowest BCUT2D eigenvalue weighted by Crippen LogP contribution is -2.00. The number of rotatable bonds is 5. The van der Waals surface area contributed by atoms with Gasteiger partial charge in [-0.05, 0) is 58.7 Å². The Morgan fingerprint density at radius 1 is 0.781 bits per heavy atom. The molecule has 0 bridgehead atoms. The SMILES string of the molecule is COc1cc(C2=C(c3ccncc3)N=C(c3cccc(-c4ccncc4)c3)C2)cnc1N. The van der Waals surface area contributed by atoms with Crippen LogP contribution >= 0.6 is 0 Å². The van der Waals surface area contributed by atoms with Crippen molar-refractivity contribution in [3.63, 3.8) is 0 Å². The maximum absolute atomic E-state index is 5.94. The Balaban J connectivity index is 1.58. The van der Waals surface area contributed by atoms with E-state index >= 15 is 0 Å². The first-order valence-corrected chi connectivity index (χ1v) is 10.2. The fraction of sp³-hybridized carbons (Fsp3) is 0.0769. The number of allylic oxidation sites excluding steroid dienone is 1. The normalized spacial score (nSPS) is 13.2. The number of aromatic nitrogens is 3. The second kappa shape index (κ2) is 8.43. The van der Waals surface area contributed by atoms with Gasteiger partial charge in [0.05, 0.1) is 18.5 Å². The predicted molar refractivity (Wildman–Crippen MR) is 127 cm³/mol. The third kappa shape index (κ3) is 3.74. The lowest BCUT2D eigenvalue weighted by molar-refractivity contribution is 0.415. The Labute approximate surface area is 186 Å². The van der Waals surface area contributed by atoms with Gasteiger partial charge in [0.2, 0.25) is 0 Å². The standard InChI is InChI=1S/C26H21N5O/c1-32-24-14-21(16-30-26(24)27)22-15-23(31-25(22)18-7-11-29-12-8-18)20-4-2-3-19(13-20)17-5-9-28-10-6-17/h2-14,16H,15H2,1H3,(H2,27,30). The molecule has 0 saturated carbocycles. The molecule has 4 aromatic rings. The largest absolute Gasteiger partial charge is 0.493 e.